The minimum absolute atomic E-state index is 0.594. The van der Waals surface area contributed by atoms with Crippen LogP contribution in [0.1, 0.15) is 27.7 Å². The number of halogens is 3. The molecule has 1 amide bonds. The Balaban J connectivity index is 3.39. The van der Waals surface area contributed by atoms with E-state index in [0.29, 0.717) is 0 Å². The fourth-order valence-corrected chi connectivity index (χ4v) is 2.55. The SMILES string of the molecule is CC(=O)OCC1OC(OC(C)=O)C(NC(=O)C(F)(F)F)[C@@H](OC(C)=O)[C@H]1OC(C)=O. The first-order valence-electron chi connectivity index (χ1n) is 8.40. The van der Waals surface area contributed by atoms with Gasteiger partial charge in [-0.2, -0.15) is 13.2 Å². The van der Waals surface area contributed by atoms with Crippen molar-refractivity contribution >= 4 is 29.8 Å². The lowest BCUT2D eigenvalue weighted by Gasteiger charge is -2.44. The van der Waals surface area contributed by atoms with Gasteiger partial charge in [-0.1, -0.05) is 0 Å². The zero-order valence-electron chi connectivity index (χ0n) is 16.3. The molecule has 0 aromatic heterocycles. The molecule has 14 heteroatoms. The zero-order valence-corrected chi connectivity index (χ0v) is 16.3. The first kappa shape index (κ1) is 25.1. The lowest BCUT2D eigenvalue weighted by Crippen LogP contribution is -2.67. The van der Waals surface area contributed by atoms with Crippen molar-refractivity contribution in [1.82, 2.24) is 5.32 Å². The summed E-state index contributed by atoms with van der Waals surface area (Å²) >= 11 is 0. The molecule has 5 atom stereocenters. The lowest BCUT2D eigenvalue weighted by molar-refractivity contribution is -0.272. The van der Waals surface area contributed by atoms with Crippen LogP contribution >= 0.6 is 0 Å². The van der Waals surface area contributed by atoms with Crippen molar-refractivity contribution < 1.29 is 60.8 Å². The van der Waals surface area contributed by atoms with Gasteiger partial charge in [-0.05, 0) is 0 Å². The number of hydrogen-bond donors (Lipinski definition) is 1. The number of carbonyl (C=O) groups is 5. The predicted molar refractivity (Wildman–Crippen MR) is 86.2 cm³/mol. The fourth-order valence-electron chi connectivity index (χ4n) is 2.55. The third-order valence-electron chi connectivity index (χ3n) is 3.54. The smallest absolute Gasteiger partial charge is 0.463 e. The summed E-state index contributed by atoms with van der Waals surface area (Å²) in [6.45, 7) is 3.22. The van der Waals surface area contributed by atoms with Gasteiger partial charge in [-0.25, -0.2) is 0 Å². The molecule has 0 aromatic rings. The van der Waals surface area contributed by atoms with Crippen LogP contribution < -0.4 is 5.32 Å². The minimum atomic E-state index is -5.34. The first-order chi connectivity index (χ1) is 13.7. The number of amides is 1. The number of rotatable bonds is 6. The molecule has 1 rings (SSSR count). The Morgan fingerprint density at radius 2 is 1.33 bits per heavy atom. The van der Waals surface area contributed by atoms with Gasteiger partial charge in [-0.3, -0.25) is 24.0 Å². The Morgan fingerprint density at radius 1 is 0.833 bits per heavy atom. The second kappa shape index (κ2) is 10.2. The quantitative estimate of drug-likeness (QED) is 0.431. The average molecular weight is 443 g/mol. The van der Waals surface area contributed by atoms with Crippen molar-refractivity contribution in [2.45, 2.75) is 64.5 Å². The molecule has 0 aromatic carbocycles. The van der Waals surface area contributed by atoms with Gasteiger partial charge in [-0.15, -0.1) is 0 Å². The second-order valence-electron chi connectivity index (χ2n) is 6.10. The van der Waals surface area contributed by atoms with Gasteiger partial charge in [0.15, 0.2) is 12.2 Å². The average Bonchev–Trinajstić information content (AvgIpc) is 2.56. The summed E-state index contributed by atoms with van der Waals surface area (Å²) in [5.41, 5.74) is 0. The molecule has 0 aliphatic carbocycles. The first-order valence-corrected chi connectivity index (χ1v) is 8.40. The Hall–Kier alpha value is -2.90. The third kappa shape index (κ3) is 7.50. The van der Waals surface area contributed by atoms with Gasteiger partial charge in [0.25, 0.3) is 0 Å². The molecule has 170 valence electrons. The van der Waals surface area contributed by atoms with Crippen molar-refractivity contribution in [3.63, 3.8) is 0 Å². The molecule has 1 saturated heterocycles. The molecule has 0 radical (unpaired) electrons. The van der Waals surface area contributed by atoms with E-state index in [1.54, 1.807) is 0 Å². The summed E-state index contributed by atoms with van der Waals surface area (Å²) in [6.07, 6.45) is -12.0. The molecule has 1 fully saturated rings. The monoisotopic (exact) mass is 443 g/mol. The van der Waals surface area contributed by atoms with E-state index >= 15 is 0 Å². The highest BCUT2D eigenvalue weighted by Gasteiger charge is 2.54. The summed E-state index contributed by atoms with van der Waals surface area (Å²) in [6, 6.07) is -1.91. The summed E-state index contributed by atoms with van der Waals surface area (Å²) in [7, 11) is 0. The van der Waals surface area contributed by atoms with E-state index in [9.17, 15) is 37.1 Å². The van der Waals surface area contributed by atoms with Gasteiger partial charge < -0.3 is 29.0 Å². The van der Waals surface area contributed by atoms with Gasteiger partial charge in [0.05, 0.1) is 0 Å². The Morgan fingerprint density at radius 3 is 1.77 bits per heavy atom. The molecule has 1 N–H and O–H groups in total. The Kier molecular flexibility index (Phi) is 8.57. The van der Waals surface area contributed by atoms with Gasteiger partial charge in [0.2, 0.25) is 6.29 Å². The van der Waals surface area contributed by atoms with E-state index in [-0.39, 0.29) is 0 Å². The zero-order chi connectivity index (χ0) is 23.2. The van der Waals surface area contributed by atoms with Crippen molar-refractivity contribution in [2.24, 2.45) is 0 Å². The van der Waals surface area contributed by atoms with Crippen molar-refractivity contribution in [3.8, 4) is 0 Å². The lowest BCUT2D eigenvalue weighted by atomic mass is 9.96. The van der Waals surface area contributed by atoms with Gasteiger partial charge in [0, 0.05) is 27.7 Å². The highest BCUT2D eigenvalue weighted by molar-refractivity contribution is 5.82. The molecule has 11 nitrogen and oxygen atoms in total. The van der Waals surface area contributed by atoms with Crippen LogP contribution in [0.5, 0.6) is 0 Å². The third-order valence-corrected chi connectivity index (χ3v) is 3.54. The number of alkyl halides is 3. The van der Waals surface area contributed by atoms with Crippen LogP contribution in [0.15, 0.2) is 0 Å². The normalized spacial score (nSPS) is 26.2. The summed E-state index contributed by atoms with van der Waals surface area (Å²) in [5, 5.41) is 1.52. The fraction of sp³-hybridized carbons (Fsp3) is 0.688. The Bertz CT molecular complexity index is 695. The number of nitrogens with one attached hydrogen (secondary N) is 1. The van der Waals surface area contributed by atoms with E-state index in [4.69, 9.17) is 23.7 Å². The van der Waals surface area contributed by atoms with E-state index in [1.807, 2.05) is 0 Å². The van der Waals surface area contributed by atoms with Crippen LogP contribution in [0.25, 0.3) is 0 Å². The van der Waals surface area contributed by atoms with Crippen molar-refractivity contribution in [3.05, 3.63) is 0 Å². The number of esters is 4. The van der Waals surface area contributed by atoms with Crippen LogP contribution in [0.4, 0.5) is 13.2 Å². The molecule has 0 bridgehead atoms. The van der Waals surface area contributed by atoms with Crippen LogP contribution in [-0.4, -0.2) is 73.2 Å². The van der Waals surface area contributed by atoms with Gasteiger partial charge >= 0.3 is 36.0 Å². The van der Waals surface area contributed by atoms with E-state index < -0.39 is 73.2 Å². The maximum Gasteiger partial charge on any atom is 0.471 e. The molecule has 1 aliphatic rings. The molecular formula is C16H20F3NO10. The topological polar surface area (TPSA) is 144 Å². The molecule has 0 spiro atoms. The molecular weight excluding hydrogens is 423 g/mol. The minimum Gasteiger partial charge on any atom is -0.463 e. The molecule has 1 heterocycles. The van der Waals surface area contributed by atoms with Crippen molar-refractivity contribution in [2.75, 3.05) is 6.61 Å². The maximum atomic E-state index is 12.8. The molecule has 30 heavy (non-hydrogen) atoms. The standard InChI is InChI=1S/C16H20F3NO10/c1-6(21)26-5-10-12(27-7(2)22)13(28-8(3)23)11(14(30-10)29-9(4)24)20-15(25)16(17,18)19/h10-14H,5H2,1-4H3,(H,20,25)/t10?,11?,12-,13+,14?/m0/s1. The van der Waals surface area contributed by atoms with Crippen molar-refractivity contribution in [1.29, 1.82) is 0 Å². The molecule has 3 unspecified atom stereocenters. The molecule has 1 aliphatic heterocycles. The van der Waals surface area contributed by atoms with E-state index in [0.717, 1.165) is 27.7 Å². The largest absolute Gasteiger partial charge is 0.471 e. The maximum absolute atomic E-state index is 12.8. The van der Waals surface area contributed by atoms with Crippen LogP contribution in [0.2, 0.25) is 0 Å². The highest BCUT2D eigenvalue weighted by Crippen LogP contribution is 2.29. The summed E-state index contributed by atoms with van der Waals surface area (Å²) in [4.78, 5) is 57.0. The number of hydrogen-bond acceptors (Lipinski definition) is 10. The highest BCUT2D eigenvalue weighted by atomic mass is 19.4. The van der Waals surface area contributed by atoms with Gasteiger partial charge in [0.1, 0.15) is 18.8 Å². The van der Waals surface area contributed by atoms with E-state index in [2.05, 4.69) is 0 Å². The van der Waals surface area contributed by atoms with E-state index in [1.165, 1.54) is 5.32 Å². The van der Waals surface area contributed by atoms with Crippen LogP contribution in [0.3, 0.4) is 0 Å². The van der Waals surface area contributed by atoms with Crippen LogP contribution in [-0.2, 0) is 47.7 Å². The number of ether oxygens (including phenoxy) is 5. The second-order valence-corrected chi connectivity index (χ2v) is 6.10. The Labute approximate surface area is 168 Å². The molecule has 0 saturated carbocycles. The summed E-state index contributed by atoms with van der Waals surface area (Å²) < 4.78 is 63.2. The number of carbonyl (C=O) groups excluding carboxylic acids is 5. The summed E-state index contributed by atoms with van der Waals surface area (Å²) in [5.74, 6) is -6.20. The van der Waals surface area contributed by atoms with Crippen LogP contribution in [0, 0.1) is 0 Å². The predicted octanol–water partition coefficient (Wildman–Crippen LogP) is -0.252.